The fourth-order valence-electron chi connectivity index (χ4n) is 1.69. The third-order valence-electron chi connectivity index (χ3n) is 2.83. The van der Waals surface area contributed by atoms with E-state index in [0.29, 0.717) is 5.56 Å². The van der Waals surface area contributed by atoms with Crippen LogP contribution in [-0.2, 0) is 19.9 Å². The zero-order chi connectivity index (χ0) is 16.4. The summed E-state index contributed by atoms with van der Waals surface area (Å²) in [7, 11) is -7.13. The predicted octanol–water partition coefficient (Wildman–Crippen LogP) is 1.76. The molecule has 22 heavy (non-hydrogen) atoms. The van der Waals surface area contributed by atoms with E-state index in [2.05, 4.69) is 4.72 Å². The second kappa shape index (κ2) is 5.79. The van der Waals surface area contributed by atoms with Gasteiger partial charge in [0.25, 0.3) is 10.0 Å². The highest BCUT2D eigenvalue weighted by molar-refractivity contribution is 7.92. The van der Waals surface area contributed by atoms with Gasteiger partial charge in [0.2, 0.25) is 0 Å². The summed E-state index contributed by atoms with van der Waals surface area (Å²) in [6, 6.07) is 12.8. The topological polar surface area (TPSA) is 104 Å². The van der Waals surface area contributed by atoms with Crippen molar-refractivity contribution in [3.8, 4) is 6.07 Å². The van der Waals surface area contributed by atoms with Crippen LogP contribution >= 0.6 is 0 Å². The lowest BCUT2D eigenvalue weighted by atomic mass is 10.2. The first kappa shape index (κ1) is 16.0. The van der Waals surface area contributed by atoms with Gasteiger partial charge in [-0.2, -0.15) is 5.26 Å². The van der Waals surface area contributed by atoms with Gasteiger partial charge in [0.15, 0.2) is 9.84 Å². The van der Waals surface area contributed by atoms with E-state index in [0.717, 1.165) is 6.26 Å². The highest BCUT2D eigenvalue weighted by atomic mass is 32.2. The standard InChI is InChI=1S/C14H12N2O4S2/c1-21(17,18)13-8-4-12(5-9-13)16-22(19,20)14-6-2-11(10-15)3-7-14/h2-9,16H,1H3. The SMILES string of the molecule is CS(=O)(=O)c1ccc(NS(=O)(=O)c2ccc(C#N)cc2)cc1. The Morgan fingerprint density at radius 1 is 0.864 bits per heavy atom. The largest absolute Gasteiger partial charge is 0.280 e. The zero-order valence-corrected chi connectivity index (χ0v) is 13.1. The van der Waals surface area contributed by atoms with Crippen LogP contribution in [0.4, 0.5) is 5.69 Å². The van der Waals surface area contributed by atoms with Crippen molar-refractivity contribution in [1.82, 2.24) is 0 Å². The number of nitrogens with one attached hydrogen (secondary N) is 1. The summed E-state index contributed by atoms with van der Waals surface area (Å²) in [5, 5.41) is 8.69. The molecule has 0 saturated heterocycles. The molecule has 8 heteroatoms. The average molecular weight is 336 g/mol. The molecule has 0 spiro atoms. The van der Waals surface area contributed by atoms with Crippen LogP contribution in [0.2, 0.25) is 0 Å². The number of sulfone groups is 1. The summed E-state index contributed by atoms with van der Waals surface area (Å²) in [4.78, 5) is 0.118. The molecule has 0 unspecified atom stereocenters. The minimum Gasteiger partial charge on any atom is -0.280 e. The number of hydrogen-bond acceptors (Lipinski definition) is 5. The maximum Gasteiger partial charge on any atom is 0.261 e. The van der Waals surface area contributed by atoms with Gasteiger partial charge in [0, 0.05) is 11.9 Å². The van der Waals surface area contributed by atoms with E-state index in [1.807, 2.05) is 6.07 Å². The van der Waals surface area contributed by atoms with Gasteiger partial charge in [-0.3, -0.25) is 4.72 Å². The molecular formula is C14H12N2O4S2. The first-order valence-electron chi connectivity index (χ1n) is 6.05. The molecule has 0 aliphatic rings. The van der Waals surface area contributed by atoms with Crippen LogP contribution in [-0.4, -0.2) is 23.1 Å². The second-order valence-electron chi connectivity index (χ2n) is 4.54. The fourth-order valence-corrected chi connectivity index (χ4v) is 3.38. The first-order valence-corrected chi connectivity index (χ1v) is 9.43. The third-order valence-corrected chi connectivity index (χ3v) is 5.35. The molecule has 2 rings (SSSR count). The lowest BCUT2D eigenvalue weighted by Gasteiger charge is -2.08. The van der Waals surface area contributed by atoms with Crippen molar-refractivity contribution in [2.24, 2.45) is 0 Å². The van der Waals surface area contributed by atoms with Crippen LogP contribution in [0.25, 0.3) is 0 Å². The normalized spacial score (nSPS) is 11.6. The number of nitrogens with zero attached hydrogens (tertiary/aromatic N) is 1. The lowest BCUT2D eigenvalue weighted by Crippen LogP contribution is -2.13. The average Bonchev–Trinajstić information content (AvgIpc) is 2.46. The summed E-state index contributed by atoms with van der Waals surface area (Å²) in [6.45, 7) is 0. The third kappa shape index (κ3) is 3.63. The van der Waals surface area contributed by atoms with Gasteiger partial charge in [-0.05, 0) is 48.5 Å². The van der Waals surface area contributed by atoms with Gasteiger partial charge in [0.05, 0.1) is 21.4 Å². The van der Waals surface area contributed by atoms with Crippen LogP contribution in [0.5, 0.6) is 0 Å². The highest BCUT2D eigenvalue weighted by Gasteiger charge is 2.14. The number of sulfonamides is 1. The summed E-state index contributed by atoms with van der Waals surface area (Å²) >= 11 is 0. The molecule has 0 atom stereocenters. The smallest absolute Gasteiger partial charge is 0.261 e. The molecule has 0 heterocycles. The Labute approximate surface area is 129 Å². The van der Waals surface area contributed by atoms with Gasteiger partial charge in [-0.25, -0.2) is 16.8 Å². The molecule has 0 aliphatic carbocycles. The molecule has 1 N–H and O–H groups in total. The fraction of sp³-hybridized carbons (Fsp3) is 0.0714. The van der Waals surface area contributed by atoms with E-state index < -0.39 is 19.9 Å². The van der Waals surface area contributed by atoms with Crippen molar-refractivity contribution in [2.45, 2.75) is 9.79 Å². The van der Waals surface area contributed by atoms with Crippen LogP contribution < -0.4 is 4.72 Å². The maximum atomic E-state index is 12.2. The minimum atomic E-state index is -3.80. The van der Waals surface area contributed by atoms with Crippen molar-refractivity contribution in [3.63, 3.8) is 0 Å². The molecule has 0 saturated carbocycles. The van der Waals surface area contributed by atoms with Gasteiger partial charge >= 0.3 is 0 Å². The molecule has 0 amide bonds. The van der Waals surface area contributed by atoms with Crippen LogP contribution in [0.3, 0.4) is 0 Å². The molecule has 2 aromatic carbocycles. The number of benzene rings is 2. The van der Waals surface area contributed by atoms with Gasteiger partial charge < -0.3 is 0 Å². The van der Waals surface area contributed by atoms with Crippen molar-refractivity contribution in [1.29, 1.82) is 5.26 Å². The van der Waals surface area contributed by atoms with Crippen molar-refractivity contribution in [2.75, 3.05) is 11.0 Å². The quantitative estimate of drug-likeness (QED) is 0.916. The molecule has 2 aromatic rings. The van der Waals surface area contributed by atoms with Gasteiger partial charge in [0.1, 0.15) is 0 Å². The van der Waals surface area contributed by atoms with E-state index in [4.69, 9.17) is 5.26 Å². The predicted molar refractivity (Wildman–Crippen MR) is 81.5 cm³/mol. The Kier molecular flexibility index (Phi) is 4.21. The summed E-state index contributed by atoms with van der Waals surface area (Å²) in [5.41, 5.74) is 0.605. The first-order chi connectivity index (χ1) is 10.2. The molecule has 0 aliphatic heterocycles. The molecule has 6 nitrogen and oxygen atoms in total. The Morgan fingerprint density at radius 3 is 1.82 bits per heavy atom. The monoisotopic (exact) mass is 336 g/mol. The molecule has 0 aromatic heterocycles. The van der Waals surface area contributed by atoms with Crippen molar-refractivity contribution in [3.05, 3.63) is 54.1 Å². The number of anilines is 1. The van der Waals surface area contributed by atoms with Gasteiger partial charge in [-0.1, -0.05) is 0 Å². The van der Waals surface area contributed by atoms with E-state index in [-0.39, 0.29) is 15.5 Å². The number of nitriles is 1. The van der Waals surface area contributed by atoms with E-state index in [9.17, 15) is 16.8 Å². The van der Waals surface area contributed by atoms with Crippen molar-refractivity contribution < 1.29 is 16.8 Å². The Morgan fingerprint density at radius 2 is 1.36 bits per heavy atom. The van der Waals surface area contributed by atoms with E-state index >= 15 is 0 Å². The molecular weight excluding hydrogens is 324 g/mol. The van der Waals surface area contributed by atoms with Gasteiger partial charge in [-0.15, -0.1) is 0 Å². The molecule has 0 radical (unpaired) electrons. The highest BCUT2D eigenvalue weighted by Crippen LogP contribution is 2.18. The Hall–Kier alpha value is -2.37. The lowest BCUT2D eigenvalue weighted by molar-refractivity contribution is 0.600. The molecule has 0 fully saturated rings. The van der Waals surface area contributed by atoms with E-state index in [1.54, 1.807) is 0 Å². The summed E-state index contributed by atoms with van der Waals surface area (Å²) in [6.07, 6.45) is 1.07. The second-order valence-corrected chi connectivity index (χ2v) is 8.24. The van der Waals surface area contributed by atoms with Crippen LogP contribution in [0.15, 0.2) is 58.3 Å². The van der Waals surface area contributed by atoms with E-state index in [1.165, 1.54) is 48.5 Å². The zero-order valence-electron chi connectivity index (χ0n) is 11.5. The van der Waals surface area contributed by atoms with Crippen molar-refractivity contribution >= 4 is 25.5 Å². The van der Waals surface area contributed by atoms with Crippen LogP contribution in [0, 0.1) is 11.3 Å². The molecule has 114 valence electrons. The van der Waals surface area contributed by atoms with Crippen LogP contribution in [0.1, 0.15) is 5.56 Å². The number of rotatable bonds is 4. The maximum absolute atomic E-state index is 12.2. The summed E-state index contributed by atoms with van der Waals surface area (Å²) < 4.78 is 49.4. The Bertz CT molecular complexity index is 924. The molecule has 0 bridgehead atoms. The minimum absolute atomic E-state index is 0.0127. The summed E-state index contributed by atoms with van der Waals surface area (Å²) in [5.74, 6) is 0. The Balaban J connectivity index is 2.27. The number of hydrogen-bond donors (Lipinski definition) is 1.